The number of hydrogen-bond acceptors (Lipinski definition) is 5. The number of thioether (sulfide) groups is 1. The van der Waals surface area contributed by atoms with Gasteiger partial charge in [0.25, 0.3) is 0 Å². The van der Waals surface area contributed by atoms with Gasteiger partial charge in [0.15, 0.2) is 11.0 Å². The molecule has 0 atom stereocenters. The maximum atomic E-state index is 5.78. The minimum atomic E-state index is 0.592. The average molecular weight is 355 g/mol. The summed E-state index contributed by atoms with van der Waals surface area (Å²) in [6.45, 7) is 3.53. The lowest BCUT2D eigenvalue weighted by Crippen LogP contribution is -2.03. The predicted octanol–water partition coefficient (Wildman–Crippen LogP) is 4.14. The summed E-state index contributed by atoms with van der Waals surface area (Å²) in [5.74, 6) is 3.30. The Bertz CT molecular complexity index is 805. The van der Waals surface area contributed by atoms with Gasteiger partial charge in [-0.25, -0.2) is 0 Å². The molecule has 6 heteroatoms. The minimum absolute atomic E-state index is 0.592. The third kappa shape index (κ3) is 4.33. The van der Waals surface area contributed by atoms with E-state index in [9.17, 15) is 0 Å². The van der Waals surface area contributed by atoms with Gasteiger partial charge >= 0.3 is 0 Å². The van der Waals surface area contributed by atoms with Gasteiger partial charge in [0, 0.05) is 23.9 Å². The molecule has 0 aliphatic heterocycles. The summed E-state index contributed by atoms with van der Waals surface area (Å²) in [7, 11) is 1.65. The van der Waals surface area contributed by atoms with E-state index in [2.05, 4.69) is 33.8 Å². The molecule has 0 saturated heterocycles. The summed E-state index contributed by atoms with van der Waals surface area (Å²) in [6.07, 6.45) is 0. The van der Waals surface area contributed by atoms with Crippen LogP contribution in [0.5, 0.6) is 11.5 Å². The van der Waals surface area contributed by atoms with Gasteiger partial charge in [0.2, 0.25) is 0 Å². The number of rotatable bonds is 8. The lowest BCUT2D eigenvalue weighted by molar-refractivity contribution is 0.339. The molecule has 0 aliphatic rings. The SMILES string of the molecule is CCn1c(SCCOc2cccc(OC)c2)nnc1-c1ccccc1. The van der Waals surface area contributed by atoms with Gasteiger partial charge in [-0.2, -0.15) is 0 Å². The van der Waals surface area contributed by atoms with Crippen molar-refractivity contribution in [3.05, 3.63) is 54.6 Å². The second-order valence-electron chi connectivity index (χ2n) is 5.29. The van der Waals surface area contributed by atoms with Crippen molar-refractivity contribution >= 4 is 11.8 Å². The molecule has 2 aromatic carbocycles. The summed E-state index contributed by atoms with van der Waals surface area (Å²) < 4.78 is 13.1. The van der Waals surface area contributed by atoms with Gasteiger partial charge in [-0.1, -0.05) is 48.2 Å². The van der Waals surface area contributed by atoms with Gasteiger partial charge in [0.05, 0.1) is 13.7 Å². The molecule has 25 heavy (non-hydrogen) atoms. The van der Waals surface area contributed by atoms with E-state index in [1.165, 1.54) is 0 Å². The Labute approximate surface area is 152 Å². The van der Waals surface area contributed by atoms with Crippen molar-refractivity contribution < 1.29 is 9.47 Å². The second kappa shape index (κ2) is 8.58. The fourth-order valence-corrected chi connectivity index (χ4v) is 3.28. The first-order valence-corrected chi connectivity index (χ1v) is 9.18. The minimum Gasteiger partial charge on any atom is -0.497 e. The first-order valence-electron chi connectivity index (χ1n) is 8.20. The Hall–Kier alpha value is -2.47. The number of aromatic nitrogens is 3. The standard InChI is InChI=1S/C19H21N3O2S/c1-3-22-18(15-8-5-4-6-9-15)20-21-19(22)25-13-12-24-17-11-7-10-16(14-17)23-2/h4-11,14H,3,12-13H2,1-2H3. The van der Waals surface area contributed by atoms with Crippen molar-refractivity contribution in [3.63, 3.8) is 0 Å². The fraction of sp³-hybridized carbons (Fsp3) is 0.263. The number of benzene rings is 2. The molecule has 1 aromatic heterocycles. The monoisotopic (exact) mass is 355 g/mol. The van der Waals surface area contributed by atoms with Crippen molar-refractivity contribution in [1.82, 2.24) is 14.8 Å². The smallest absolute Gasteiger partial charge is 0.191 e. The van der Waals surface area contributed by atoms with Crippen molar-refractivity contribution in [1.29, 1.82) is 0 Å². The Morgan fingerprint density at radius 3 is 2.56 bits per heavy atom. The van der Waals surface area contributed by atoms with Gasteiger partial charge in [-0.3, -0.25) is 0 Å². The van der Waals surface area contributed by atoms with E-state index < -0.39 is 0 Å². The number of methoxy groups -OCH3 is 1. The van der Waals surface area contributed by atoms with Crippen LogP contribution in [-0.4, -0.2) is 34.2 Å². The van der Waals surface area contributed by atoms with E-state index in [0.29, 0.717) is 6.61 Å². The molecule has 0 amide bonds. The van der Waals surface area contributed by atoms with Gasteiger partial charge in [0.1, 0.15) is 11.5 Å². The Morgan fingerprint density at radius 2 is 1.80 bits per heavy atom. The van der Waals surface area contributed by atoms with E-state index in [4.69, 9.17) is 9.47 Å². The van der Waals surface area contributed by atoms with Crippen LogP contribution in [0, 0.1) is 0 Å². The Morgan fingerprint density at radius 1 is 1.00 bits per heavy atom. The first-order chi connectivity index (χ1) is 12.3. The fourth-order valence-electron chi connectivity index (χ4n) is 2.46. The highest BCUT2D eigenvalue weighted by Gasteiger charge is 2.12. The molecular weight excluding hydrogens is 334 g/mol. The largest absolute Gasteiger partial charge is 0.497 e. The van der Waals surface area contributed by atoms with E-state index in [1.807, 2.05) is 42.5 Å². The molecule has 0 radical (unpaired) electrons. The molecule has 1 heterocycles. The zero-order valence-corrected chi connectivity index (χ0v) is 15.2. The lowest BCUT2D eigenvalue weighted by Gasteiger charge is -2.09. The third-order valence-electron chi connectivity index (χ3n) is 3.69. The molecule has 0 bridgehead atoms. The van der Waals surface area contributed by atoms with E-state index in [1.54, 1.807) is 18.9 Å². The van der Waals surface area contributed by atoms with Crippen molar-refractivity contribution in [3.8, 4) is 22.9 Å². The van der Waals surface area contributed by atoms with Gasteiger partial charge in [-0.15, -0.1) is 10.2 Å². The predicted molar refractivity (Wildman–Crippen MR) is 100 cm³/mol. The highest BCUT2D eigenvalue weighted by Crippen LogP contribution is 2.24. The van der Waals surface area contributed by atoms with Crippen LogP contribution in [0.15, 0.2) is 59.8 Å². The normalized spacial score (nSPS) is 10.6. The van der Waals surface area contributed by atoms with Crippen molar-refractivity contribution in [2.75, 3.05) is 19.5 Å². The molecular formula is C19H21N3O2S. The van der Waals surface area contributed by atoms with Crippen LogP contribution in [0.3, 0.4) is 0 Å². The van der Waals surface area contributed by atoms with Crippen molar-refractivity contribution in [2.24, 2.45) is 0 Å². The number of nitrogens with zero attached hydrogens (tertiary/aromatic N) is 3. The quantitative estimate of drug-likeness (QED) is 0.449. The third-order valence-corrected chi connectivity index (χ3v) is 4.62. The second-order valence-corrected chi connectivity index (χ2v) is 6.35. The van der Waals surface area contributed by atoms with Crippen LogP contribution in [-0.2, 0) is 6.54 Å². The van der Waals surface area contributed by atoms with Gasteiger partial charge < -0.3 is 14.0 Å². The van der Waals surface area contributed by atoms with Crippen LogP contribution in [0.1, 0.15) is 6.92 Å². The molecule has 3 aromatic rings. The zero-order chi connectivity index (χ0) is 17.5. The molecule has 0 N–H and O–H groups in total. The average Bonchev–Trinajstić information content (AvgIpc) is 3.09. The topological polar surface area (TPSA) is 49.2 Å². The first kappa shape index (κ1) is 17.4. The highest BCUT2D eigenvalue weighted by atomic mass is 32.2. The van der Waals surface area contributed by atoms with E-state index in [0.717, 1.165) is 40.3 Å². The molecule has 0 saturated carbocycles. The van der Waals surface area contributed by atoms with E-state index in [-0.39, 0.29) is 0 Å². The highest BCUT2D eigenvalue weighted by molar-refractivity contribution is 7.99. The molecule has 0 aliphatic carbocycles. The zero-order valence-electron chi connectivity index (χ0n) is 14.4. The van der Waals surface area contributed by atoms with Crippen LogP contribution >= 0.6 is 11.8 Å². The molecule has 0 spiro atoms. The van der Waals surface area contributed by atoms with Crippen LogP contribution in [0.25, 0.3) is 11.4 Å². The maximum absolute atomic E-state index is 5.78. The molecule has 3 rings (SSSR count). The Balaban J connectivity index is 1.59. The summed E-state index contributed by atoms with van der Waals surface area (Å²) in [4.78, 5) is 0. The van der Waals surface area contributed by atoms with E-state index >= 15 is 0 Å². The lowest BCUT2D eigenvalue weighted by atomic mass is 10.2. The molecule has 0 fully saturated rings. The molecule has 130 valence electrons. The van der Waals surface area contributed by atoms with Crippen LogP contribution < -0.4 is 9.47 Å². The summed E-state index contributed by atoms with van der Waals surface area (Å²) in [5.41, 5.74) is 1.08. The van der Waals surface area contributed by atoms with Gasteiger partial charge in [-0.05, 0) is 19.1 Å². The summed E-state index contributed by atoms with van der Waals surface area (Å²) >= 11 is 1.65. The van der Waals surface area contributed by atoms with Crippen LogP contribution in [0.4, 0.5) is 0 Å². The molecule has 5 nitrogen and oxygen atoms in total. The molecule has 0 unspecified atom stereocenters. The van der Waals surface area contributed by atoms with Crippen molar-refractivity contribution in [2.45, 2.75) is 18.6 Å². The maximum Gasteiger partial charge on any atom is 0.191 e. The summed E-state index contributed by atoms with van der Waals surface area (Å²) in [5, 5.41) is 9.60. The number of hydrogen-bond donors (Lipinski definition) is 0. The Kier molecular flexibility index (Phi) is 5.95. The summed E-state index contributed by atoms with van der Waals surface area (Å²) in [6, 6.07) is 17.8. The van der Waals surface area contributed by atoms with Crippen LogP contribution in [0.2, 0.25) is 0 Å². The number of ether oxygens (including phenoxy) is 2.